The molecule has 1 N–H and O–H groups in total. The maximum Gasteiger partial charge on any atom is 0.211 e. The summed E-state index contributed by atoms with van der Waals surface area (Å²) in [6, 6.07) is 4.25. The topological polar surface area (TPSA) is 55.4 Å². The molecule has 4 rings (SSSR count). The number of hydrogen-bond donors (Lipinski definition) is 1. The van der Waals surface area contributed by atoms with Crippen molar-refractivity contribution in [3.05, 3.63) is 23.3 Å². The predicted molar refractivity (Wildman–Crippen MR) is 96.9 cm³/mol. The Hall–Kier alpha value is -1.84. The monoisotopic (exact) mass is 341 g/mol. The van der Waals surface area contributed by atoms with E-state index in [2.05, 4.69) is 24.4 Å². The summed E-state index contributed by atoms with van der Waals surface area (Å²) in [7, 11) is 0. The van der Waals surface area contributed by atoms with Crippen LogP contribution in [0.25, 0.3) is 0 Å². The molecule has 1 amide bonds. The quantitative estimate of drug-likeness (QED) is 0.840. The number of carbonyl (C=O) groups excluding carboxylic acids is 2. The van der Waals surface area contributed by atoms with Crippen molar-refractivity contribution in [2.45, 2.75) is 58.3 Å². The van der Waals surface area contributed by atoms with Gasteiger partial charge in [-0.05, 0) is 80.0 Å². The molecule has 3 aliphatic carbocycles. The lowest BCUT2D eigenvalue weighted by atomic mass is 9.55. The zero-order valence-corrected chi connectivity index (χ0v) is 15.1. The van der Waals surface area contributed by atoms with Crippen LogP contribution in [0, 0.1) is 17.3 Å². The van der Waals surface area contributed by atoms with Gasteiger partial charge in [-0.2, -0.15) is 0 Å². The first-order chi connectivity index (χ1) is 12.1. The second-order valence-corrected chi connectivity index (χ2v) is 8.08. The van der Waals surface area contributed by atoms with Gasteiger partial charge in [0.05, 0.1) is 12.3 Å². The smallest absolute Gasteiger partial charge is 0.211 e. The number of rotatable bonds is 4. The molecule has 4 nitrogen and oxygen atoms in total. The molecule has 4 atom stereocenters. The lowest BCUT2D eigenvalue weighted by molar-refractivity contribution is -0.129. The van der Waals surface area contributed by atoms with Gasteiger partial charge >= 0.3 is 0 Å². The molecule has 3 unspecified atom stereocenters. The highest BCUT2D eigenvalue weighted by molar-refractivity contribution is 5.87. The largest absolute Gasteiger partial charge is 0.492 e. The molecule has 25 heavy (non-hydrogen) atoms. The van der Waals surface area contributed by atoms with Crippen molar-refractivity contribution >= 4 is 17.9 Å². The first-order valence-electron chi connectivity index (χ1n) is 9.61. The standard InChI is InChI=1S/C21H27NO3/c1-3-25-19-11-16-13(10-18(19)22-12-23)4-5-15-14(16)8-9-21(2)17(15)6-7-20(21)24/h10-12,14-15,17H,3-9H2,1-2H3,(H,22,23)/t14?,15?,17?,21-/m0/s1. The van der Waals surface area contributed by atoms with Crippen molar-refractivity contribution in [3.8, 4) is 5.75 Å². The van der Waals surface area contributed by atoms with Crippen LogP contribution in [0.4, 0.5) is 5.69 Å². The molecular formula is C21H27NO3. The van der Waals surface area contributed by atoms with Crippen LogP contribution >= 0.6 is 0 Å². The Kier molecular flexibility index (Phi) is 4.09. The molecule has 3 aliphatic rings. The highest BCUT2D eigenvalue weighted by Crippen LogP contribution is 2.60. The van der Waals surface area contributed by atoms with Gasteiger partial charge in [0.2, 0.25) is 6.41 Å². The maximum absolute atomic E-state index is 12.4. The first-order valence-corrected chi connectivity index (χ1v) is 9.61. The number of hydrogen-bond acceptors (Lipinski definition) is 3. The fourth-order valence-electron chi connectivity index (χ4n) is 5.82. The van der Waals surface area contributed by atoms with Crippen molar-refractivity contribution in [3.63, 3.8) is 0 Å². The van der Waals surface area contributed by atoms with E-state index >= 15 is 0 Å². The van der Waals surface area contributed by atoms with Gasteiger partial charge in [0.1, 0.15) is 11.5 Å². The average molecular weight is 341 g/mol. The zero-order chi connectivity index (χ0) is 17.6. The SMILES string of the molecule is CCOc1cc2c(cc1NC=O)CCC1C2CC[C@]2(C)C(=O)CCC12. The molecule has 134 valence electrons. The normalized spacial score (nSPS) is 33.2. The number of carbonyl (C=O) groups is 2. The Bertz CT molecular complexity index is 713. The zero-order valence-electron chi connectivity index (χ0n) is 15.1. The number of anilines is 1. The van der Waals surface area contributed by atoms with E-state index in [1.807, 2.05) is 6.92 Å². The summed E-state index contributed by atoms with van der Waals surface area (Å²) < 4.78 is 5.78. The lowest BCUT2D eigenvalue weighted by Crippen LogP contribution is -2.42. The Morgan fingerprint density at radius 1 is 1.28 bits per heavy atom. The van der Waals surface area contributed by atoms with Gasteiger partial charge in [0.15, 0.2) is 0 Å². The van der Waals surface area contributed by atoms with Crippen molar-refractivity contribution in [2.24, 2.45) is 17.3 Å². The number of amides is 1. The molecule has 4 heteroatoms. The van der Waals surface area contributed by atoms with Crippen LogP contribution in [0.15, 0.2) is 12.1 Å². The fourth-order valence-corrected chi connectivity index (χ4v) is 5.82. The first kappa shape index (κ1) is 16.6. The third kappa shape index (κ3) is 2.49. The number of nitrogens with one attached hydrogen (secondary N) is 1. The van der Waals surface area contributed by atoms with Crippen LogP contribution in [0.3, 0.4) is 0 Å². The minimum absolute atomic E-state index is 0.0829. The fraction of sp³-hybridized carbons (Fsp3) is 0.619. The van der Waals surface area contributed by atoms with E-state index in [1.165, 1.54) is 11.1 Å². The van der Waals surface area contributed by atoms with Crippen molar-refractivity contribution in [2.75, 3.05) is 11.9 Å². The van der Waals surface area contributed by atoms with Crippen LogP contribution in [0.2, 0.25) is 0 Å². The minimum Gasteiger partial charge on any atom is -0.492 e. The van der Waals surface area contributed by atoms with Crippen LogP contribution in [0.5, 0.6) is 5.75 Å². The molecule has 0 aromatic heterocycles. The van der Waals surface area contributed by atoms with E-state index in [-0.39, 0.29) is 5.41 Å². The van der Waals surface area contributed by atoms with Gasteiger partial charge in [0.25, 0.3) is 0 Å². The summed E-state index contributed by atoms with van der Waals surface area (Å²) in [5, 5.41) is 2.78. The van der Waals surface area contributed by atoms with E-state index in [0.717, 1.165) is 50.0 Å². The molecule has 0 aliphatic heterocycles. The molecule has 2 saturated carbocycles. The summed E-state index contributed by atoms with van der Waals surface area (Å²) in [5.41, 5.74) is 3.41. The Morgan fingerprint density at radius 2 is 2.12 bits per heavy atom. The van der Waals surface area contributed by atoms with Crippen LogP contribution in [-0.2, 0) is 16.0 Å². The highest BCUT2D eigenvalue weighted by atomic mass is 16.5. The average Bonchev–Trinajstić information content (AvgIpc) is 2.91. The van der Waals surface area contributed by atoms with Gasteiger partial charge in [-0.15, -0.1) is 0 Å². The van der Waals surface area contributed by atoms with Crippen molar-refractivity contribution in [1.29, 1.82) is 0 Å². The summed E-state index contributed by atoms with van der Waals surface area (Å²) >= 11 is 0. The molecule has 0 saturated heterocycles. The molecular weight excluding hydrogens is 314 g/mol. The maximum atomic E-state index is 12.4. The minimum atomic E-state index is -0.0829. The summed E-state index contributed by atoms with van der Waals surface area (Å²) in [4.78, 5) is 23.4. The van der Waals surface area contributed by atoms with Crippen LogP contribution in [-0.4, -0.2) is 18.8 Å². The van der Waals surface area contributed by atoms with Gasteiger partial charge in [-0.25, -0.2) is 0 Å². The molecule has 2 fully saturated rings. The van der Waals surface area contributed by atoms with E-state index in [0.29, 0.717) is 36.6 Å². The molecule has 0 heterocycles. The van der Waals surface area contributed by atoms with E-state index in [1.54, 1.807) is 0 Å². The number of benzene rings is 1. The third-order valence-corrected chi connectivity index (χ3v) is 7.05. The molecule has 0 spiro atoms. The summed E-state index contributed by atoms with van der Waals surface area (Å²) in [6.07, 6.45) is 6.82. The Morgan fingerprint density at radius 3 is 2.88 bits per heavy atom. The Labute approximate surface area is 149 Å². The number of Topliss-reactive ketones (excluding diaryl/α,β-unsaturated/α-hetero) is 1. The second kappa shape index (κ2) is 6.15. The van der Waals surface area contributed by atoms with Gasteiger partial charge < -0.3 is 10.1 Å². The van der Waals surface area contributed by atoms with Crippen LogP contribution in [0.1, 0.15) is 63.0 Å². The van der Waals surface area contributed by atoms with Crippen molar-refractivity contribution < 1.29 is 14.3 Å². The second-order valence-electron chi connectivity index (χ2n) is 8.08. The van der Waals surface area contributed by atoms with Gasteiger partial charge in [0, 0.05) is 11.8 Å². The van der Waals surface area contributed by atoms with Crippen molar-refractivity contribution in [1.82, 2.24) is 0 Å². The Balaban J connectivity index is 1.71. The van der Waals surface area contributed by atoms with Crippen LogP contribution < -0.4 is 10.1 Å². The van der Waals surface area contributed by atoms with E-state index in [4.69, 9.17) is 4.74 Å². The number of ketones is 1. The highest BCUT2D eigenvalue weighted by Gasteiger charge is 2.54. The van der Waals surface area contributed by atoms with E-state index in [9.17, 15) is 9.59 Å². The molecule has 0 bridgehead atoms. The van der Waals surface area contributed by atoms with Gasteiger partial charge in [-0.3, -0.25) is 9.59 Å². The number of fused-ring (bicyclic) bond motifs is 5. The predicted octanol–water partition coefficient (Wildman–Crippen LogP) is 4.08. The molecule has 0 radical (unpaired) electrons. The third-order valence-electron chi connectivity index (χ3n) is 7.05. The summed E-state index contributed by atoms with van der Waals surface area (Å²) in [5.74, 6) is 2.93. The lowest BCUT2D eigenvalue weighted by Gasteiger charge is -2.48. The number of aryl methyl sites for hydroxylation is 1. The molecule has 1 aromatic rings. The molecule has 1 aromatic carbocycles. The van der Waals surface area contributed by atoms with E-state index < -0.39 is 0 Å². The summed E-state index contributed by atoms with van der Waals surface area (Å²) in [6.45, 7) is 4.75. The number of ether oxygens (including phenoxy) is 1. The van der Waals surface area contributed by atoms with Gasteiger partial charge in [-0.1, -0.05) is 6.92 Å².